The third kappa shape index (κ3) is 2.38. The average Bonchev–Trinajstić information content (AvgIpc) is 2.23. The molecule has 1 N–H and O–H groups in total. The van der Waals surface area contributed by atoms with Crippen molar-refractivity contribution in [2.24, 2.45) is 0 Å². The van der Waals surface area contributed by atoms with Gasteiger partial charge in [0, 0.05) is 23.2 Å². The van der Waals surface area contributed by atoms with Gasteiger partial charge in [-0.3, -0.25) is 0 Å². The summed E-state index contributed by atoms with van der Waals surface area (Å²) in [6, 6.07) is 6.05. The molecule has 1 aliphatic rings. The maximum atomic E-state index is 5.26. The van der Waals surface area contributed by atoms with Crippen molar-refractivity contribution in [2.75, 3.05) is 27.3 Å². The Bertz CT molecular complexity index is 339. The lowest BCUT2D eigenvalue weighted by atomic mass is 10.3. The van der Waals surface area contributed by atoms with Crippen molar-refractivity contribution in [3.8, 4) is 11.5 Å². The van der Waals surface area contributed by atoms with E-state index in [2.05, 4.69) is 11.4 Å². The van der Waals surface area contributed by atoms with Crippen molar-refractivity contribution in [1.82, 2.24) is 5.32 Å². The molecule has 3 nitrogen and oxygen atoms in total. The fourth-order valence-electron chi connectivity index (χ4n) is 1.43. The van der Waals surface area contributed by atoms with Gasteiger partial charge in [0.1, 0.15) is 0 Å². The van der Waals surface area contributed by atoms with Crippen molar-refractivity contribution < 1.29 is 9.47 Å². The largest absolute Gasteiger partial charge is 0.493 e. The van der Waals surface area contributed by atoms with Gasteiger partial charge in [0.25, 0.3) is 0 Å². The van der Waals surface area contributed by atoms with Crippen molar-refractivity contribution >= 4 is 11.8 Å². The molecule has 15 heavy (non-hydrogen) atoms. The van der Waals surface area contributed by atoms with Gasteiger partial charge in [-0.05, 0) is 18.2 Å². The van der Waals surface area contributed by atoms with E-state index in [1.165, 1.54) is 4.90 Å². The van der Waals surface area contributed by atoms with Crippen LogP contribution in [0.4, 0.5) is 0 Å². The van der Waals surface area contributed by atoms with Crippen molar-refractivity contribution in [1.29, 1.82) is 0 Å². The minimum atomic E-state index is 0.697. The van der Waals surface area contributed by atoms with E-state index >= 15 is 0 Å². The molecule has 2 rings (SSSR count). The number of nitrogens with one attached hydrogen (secondary N) is 1. The van der Waals surface area contributed by atoms with E-state index in [9.17, 15) is 0 Å². The van der Waals surface area contributed by atoms with Gasteiger partial charge < -0.3 is 14.8 Å². The molecule has 1 aromatic carbocycles. The molecule has 1 aliphatic heterocycles. The summed E-state index contributed by atoms with van der Waals surface area (Å²) >= 11 is 1.88. The maximum Gasteiger partial charge on any atom is 0.161 e. The summed E-state index contributed by atoms with van der Waals surface area (Å²) in [4.78, 5) is 1.24. The van der Waals surface area contributed by atoms with Gasteiger partial charge in [0.15, 0.2) is 11.5 Å². The first kappa shape index (κ1) is 10.6. The molecule has 4 heteroatoms. The second kappa shape index (κ2) is 4.77. The number of hydrogen-bond acceptors (Lipinski definition) is 4. The molecule has 1 fully saturated rings. The van der Waals surface area contributed by atoms with Crippen LogP contribution in [-0.2, 0) is 0 Å². The summed E-state index contributed by atoms with van der Waals surface area (Å²) in [5, 5.41) is 3.95. The minimum Gasteiger partial charge on any atom is -0.493 e. The highest BCUT2D eigenvalue weighted by atomic mass is 32.2. The maximum absolute atomic E-state index is 5.26. The number of thioether (sulfide) groups is 1. The molecule has 0 spiro atoms. The summed E-state index contributed by atoms with van der Waals surface area (Å²) in [7, 11) is 3.32. The number of hydrogen-bond donors (Lipinski definition) is 1. The second-order valence-electron chi connectivity index (χ2n) is 3.41. The van der Waals surface area contributed by atoms with E-state index in [-0.39, 0.29) is 0 Å². The molecule has 1 aromatic rings. The third-order valence-corrected chi connectivity index (χ3v) is 3.59. The number of methoxy groups -OCH3 is 2. The lowest BCUT2D eigenvalue weighted by molar-refractivity contribution is 0.354. The van der Waals surface area contributed by atoms with Gasteiger partial charge in [0.2, 0.25) is 0 Å². The van der Waals surface area contributed by atoms with E-state index in [1.807, 2.05) is 23.9 Å². The van der Waals surface area contributed by atoms with Crippen LogP contribution >= 0.6 is 11.8 Å². The molecule has 1 saturated heterocycles. The molecule has 82 valence electrons. The molecular formula is C11H15NO2S. The Morgan fingerprint density at radius 3 is 2.47 bits per heavy atom. The van der Waals surface area contributed by atoms with Gasteiger partial charge >= 0.3 is 0 Å². The van der Waals surface area contributed by atoms with Crippen LogP contribution in [0.15, 0.2) is 23.1 Å². The molecule has 0 aliphatic carbocycles. The van der Waals surface area contributed by atoms with Gasteiger partial charge in [-0.15, -0.1) is 11.8 Å². The number of ether oxygens (including phenoxy) is 2. The molecule has 0 amide bonds. The standard InChI is InChI=1S/C11H15NO2S/c1-13-10-4-3-8(5-11(10)14-2)15-9-6-12-7-9/h3-5,9,12H,6-7H2,1-2H3. The Labute approximate surface area is 94.2 Å². The Balaban J connectivity index is 2.10. The summed E-state index contributed by atoms with van der Waals surface area (Å²) in [5.74, 6) is 1.59. The predicted molar refractivity (Wildman–Crippen MR) is 62.1 cm³/mol. The van der Waals surface area contributed by atoms with E-state index in [0.717, 1.165) is 24.6 Å². The van der Waals surface area contributed by atoms with Crippen LogP contribution in [0.2, 0.25) is 0 Å². The topological polar surface area (TPSA) is 30.5 Å². The first-order chi connectivity index (χ1) is 7.33. The van der Waals surface area contributed by atoms with Crippen molar-refractivity contribution in [2.45, 2.75) is 10.1 Å². The lowest BCUT2D eigenvalue weighted by Gasteiger charge is -2.26. The van der Waals surface area contributed by atoms with E-state index in [4.69, 9.17) is 9.47 Å². The molecule has 0 radical (unpaired) electrons. The van der Waals surface area contributed by atoms with E-state index in [1.54, 1.807) is 14.2 Å². The highest BCUT2D eigenvalue weighted by Crippen LogP contribution is 2.34. The van der Waals surface area contributed by atoms with Crippen LogP contribution in [0.3, 0.4) is 0 Å². The highest BCUT2D eigenvalue weighted by molar-refractivity contribution is 8.00. The monoisotopic (exact) mass is 225 g/mol. The molecule has 0 atom stereocenters. The van der Waals surface area contributed by atoms with Gasteiger partial charge in [-0.2, -0.15) is 0 Å². The van der Waals surface area contributed by atoms with Crippen LogP contribution in [0, 0.1) is 0 Å². The highest BCUT2D eigenvalue weighted by Gasteiger charge is 2.18. The fraction of sp³-hybridized carbons (Fsp3) is 0.455. The number of rotatable bonds is 4. The zero-order chi connectivity index (χ0) is 10.7. The molecule has 0 unspecified atom stereocenters. The Kier molecular flexibility index (Phi) is 3.38. The molecular weight excluding hydrogens is 210 g/mol. The van der Waals surface area contributed by atoms with Crippen molar-refractivity contribution in [3.05, 3.63) is 18.2 Å². The van der Waals surface area contributed by atoms with Crippen LogP contribution in [0.1, 0.15) is 0 Å². The fourth-order valence-corrected chi connectivity index (χ4v) is 2.54. The van der Waals surface area contributed by atoms with Gasteiger partial charge in [0.05, 0.1) is 14.2 Å². The first-order valence-electron chi connectivity index (χ1n) is 4.93. The minimum absolute atomic E-state index is 0.697. The zero-order valence-corrected chi connectivity index (χ0v) is 9.76. The third-order valence-electron chi connectivity index (χ3n) is 2.40. The summed E-state index contributed by atoms with van der Waals surface area (Å²) < 4.78 is 10.4. The van der Waals surface area contributed by atoms with Gasteiger partial charge in [-0.1, -0.05) is 0 Å². The van der Waals surface area contributed by atoms with Gasteiger partial charge in [-0.25, -0.2) is 0 Å². The molecule has 0 saturated carbocycles. The zero-order valence-electron chi connectivity index (χ0n) is 8.95. The van der Waals surface area contributed by atoms with Crippen molar-refractivity contribution in [3.63, 3.8) is 0 Å². The van der Waals surface area contributed by atoms with E-state index in [0.29, 0.717) is 5.25 Å². The smallest absolute Gasteiger partial charge is 0.161 e. The SMILES string of the molecule is COc1ccc(SC2CNC2)cc1OC. The Morgan fingerprint density at radius 1 is 1.20 bits per heavy atom. The summed E-state index contributed by atoms with van der Waals surface area (Å²) in [6.45, 7) is 2.19. The lowest BCUT2D eigenvalue weighted by Crippen LogP contribution is -2.44. The summed E-state index contributed by atoms with van der Waals surface area (Å²) in [6.07, 6.45) is 0. The van der Waals surface area contributed by atoms with E-state index < -0.39 is 0 Å². The van der Waals surface area contributed by atoms with Crippen LogP contribution < -0.4 is 14.8 Å². The predicted octanol–water partition coefficient (Wildman–Crippen LogP) is 1.77. The second-order valence-corrected chi connectivity index (χ2v) is 4.79. The molecule has 1 heterocycles. The normalized spacial score (nSPS) is 15.9. The van der Waals surface area contributed by atoms with Crippen LogP contribution in [0.5, 0.6) is 11.5 Å². The molecule has 0 bridgehead atoms. The Hall–Kier alpha value is -0.870. The quantitative estimate of drug-likeness (QED) is 0.846. The Morgan fingerprint density at radius 2 is 1.93 bits per heavy atom. The van der Waals surface area contributed by atoms with Crippen LogP contribution in [-0.4, -0.2) is 32.6 Å². The number of benzene rings is 1. The van der Waals surface area contributed by atoms with Crippen LogP contribution in [0.25, 0.3) is 0 Å². The first-order valence-corrected chi connectivity index (χ1v) is 5.81. The molecule has 0 aromatic heterocycles. The average molecular weight is 225 g/mol. The summed E-state index contributed by atoms with van der Waals surface area (Å²) in [5.41, 5.74) is 0.